The number of aryl methyl sites for hydroxylation is 1. The summed E-state index contributed by atoms with van der Waals surface area (Å²) in [5, 5.41) is 18.5. The maximum absolute atomic E-state index is 12.0. The molecule has 2 atom stereocenters. The SMILES string of the molecule is Cc1ccc(S(=O)(=O)OC[C@@H]2C[C@@H](O)CN2C(=O)O)cc1. The topological polar surface area (TPSA) is 104 Å². The van der Waals surface area contributed by atoms with Crippen molar-refractivity contribution in [2.75, 3.05) is 13.2 Å². The number of hydrogen-bond donors (Lipinski definition) is 2. The summed E-state index contributed by atoms with van der Waals surface area (Å²) in [7, 11) is -3.93. The monoisotopic (exact) mass is 315 g/mol. The highest BCUT2D eigenvalue weighted by atomic mass is 32.2. The molecule has 1 aromatic carbocycles. The molecular weight excluding hydrogens is 298 g/mol. The predicted molar refractivity (Wildman–Crippen MR) is 73.5 cm³/mol. The summed E-state index contributed by atoms with van der Waals surface area (Å²) in [6.45, 7) is 1.50. The van der Waals surface area contributed by atoms with E-state index in [1.165, 1.54) is 12.1 Å². The first-order valence-corrected chi connectivity index (χ1v) is 7.84. The lowest BCUT2D eigenvalue weighted by Crippen LogP contribution is -2.38. The second-order valence-electron chi connectivity index (χ2n) is 5.03. The second kappa shape index (κ2) is 6.00. The lowest BCUT2D eigenvalue weighted by molar-refractivity contribution is 0.120. The Morgan fingerprint density at radius 2 is 2.00 bits per heavy atom. The van der Waals surface area contributed by atoms with Crippen molar-refractivity contribution in [1.29, 1.82) is 0 Å². The van der Waals surface area contributed by atoms with E-state index in [0.29, 0.717) is 0 Å². The van der Waals surface area contributed by atoms with Gasteiger partial charge in [0.15, 0.2) is 0 Å². The first kappa shape index (κ1) is 15.7. The first-order valence-electron chi connectivity index (χ1n) is 6.43. The number of carboxylic acid groups (broad SMARTS) is 1. The molecule has 8 heteroatoms. The van der Waals surface area contributed by atoms with Crippen LogP contribution in [0.25, 0.3) is 0 Å². The van der Waals surface area contributed by atoms with Gasteiger partial charge in [-0.25, -0.2) is 4.79 Å². The number of likely N-dealkylation sites (tertiary alicyclic amines) is 1. The van der Waals surface area contributed by atoms with Crippen molar-refractivity contribution in [3.63, 3.8) is 0 Å². The van der Waals surface area contributed by atoms with Gasteiger partial charge in [-0.2, -0.15) is 8.42 Å². The van der Waals surface area contributed by atoms with Gasteiger partial charge in [0.05, 0.1) is 30.2 Å². The Morgan fingerprint density at radius 3 is 2.57 bits per heavy atom. The summed E-state index contributed by atoms with van der Waals surface area (Å²) in [5.74, 6) is 0. The van der Waals surface area contributed by atoms with Crippen LogP contribution < -0.4 is 0 Å². The molecule has 1 amide bonds. The molecule has 2 N–H and O–H groups in total. The minimum absolute atomic E-state index is 0.0218. The van der Waals surface area contributed by atoms with E-state index >= 15 is 0 Å². The van der Waals surface area contributed by atoms with Crippen LogP contribution in [0.5, 0.6) is 0 Å². The zero-order valence-corrected chi connectivity index (χ0v) is 12.3. The standard InChI is InChI=1S/C13H17NO6S/c1-9-2-4-12(5-3-9)21(18,19)20-8-10-6-11(15)7-14(10)13(16)17/h2-5,10-11,15H,6-8H2,1H3,(H,16,17)/t10-,11+/m0/s1. The lowest BCUT2D eigenvalue weighted by Gasteiger charge is -2.20. The second-order valence-corrected chi connectivity index (χ2v) is 6.65. The Hall–Kier alpha value is -1.64. The quantitative estimate of drug-likeness (QED) is 0.797. The number of hydrogen-bond acceptors (Lipinski definition) is 5. The third-order valence-electron chi connectivity index (χ3n) is 3.36. The van der Waals surface area contributed by atoms with Crippen LogP contribution >= 0.6 is 0 Å². The molecule has 0 spiro atoms. The predicted octanol–water partition coefficient (Wildman–Crippen LogP) is 0.814. The van der Waals surface area contributed by atoms with Gasteiger partial charge in [-0.05, 0) is 25.5 Å². The molecule has 0 aliphatic carbocycles. The molecule has 7 nitrogen and oxygen atoms in total. The molecule has 1 aliphatic heterocycles. The zero-order chi connectivity index (χ0) is 15.6. The fraction of sp³-hybridized carbons (Fsp3) is 0.462. The molecule has 1 saturated heterocycles. The highest BCUT2D eigenvalue weighted by molar-refractivity contribution is 7.86. The van der Waals surface area contributed by atoms with Crippen molar-refractivity contribution >= 4 is 16.2 Å². The van der Waals surface area contributed by atoms with Crippen molar-refractivity contribution in [3.8, 4) is 0 Å². The van der Waals surface area contributed by atoms with Crippen molar-refractivity contribution in [2.45, 2.75) is 30.4 Å². The number of aliphatic hydroxyl groups is 1. The summed E-state index contributed by atoms with van der Waals surface area (Å²) >= 11 is 0. The molecule has 1 fully saturated rings. The van der Waals surface area contributed by atoms with E-state index in [0.717, 1.165) is 10.5 Å². The van der Waals surface area contributed by atoms with E-state index in [1.807, 2.05) is 6.92 Å². The van der Waals surface area contributed by atoms with Gasteiger partial charge >= 0.3 is 6.09 Å². The Kier molecular flexibility index (Phi) is 4.50. The number of aliphatic hydroxyl groups excluding tert-OH is 1. The van der Waals surface area contributed by atoms with Crippen molar-refractivity contribution < 1.29 is 27.6 Å². The normalized spacial score (nSPS) is 22.5. The zero-order valence-electron chi connectivity index (χ0n) is 11.5. The molecule has 1 aliphatic rings. The van der Waals surface area contributed by atoms with Crippen LogP contribution in [-0.2, 0) is 14.3 Å². The van der Waals surface area contributed by atoms with Gasteiger partial charge in [-0.3, -0.25) is 4.18 Å². The summed E-state index contributed by atoms with van der Waals surface area (Å²) in [6, 6.07) is 5.50. The number of carbonyl (C=O) groups is 1. The molecule has 2 rings (SSSR count). The molecule has 21 heavy (non-hydrogen) atoms. The number of rotatable bonds is 4. The minimum Gasteiger partial charge on any atom is -0.465 e. The van der Waals surface area contributed by atoms with Gasteiger partial charge < -0.3 is 15.1 Å². The van der Waals surface area contributed by atoms with Crippen LogP contribution in [0.1, 0.15) is 12.0 Å². The number of β-amino-alcohol motifs (C(OH)–C–C–N with tert-alkyl or cyclic N) is 1. The fourth-order valence-corrected chi connectivity index (χ4v) is 3.17. The van der Waals surface area contributed by atoms with Crippen LogP contribution in [0.2, 0.25) is 0 Å². The summed E-state index contributed by atoms with van der Waals surface area (Å²) in [4.78, 5) is 12.0. The fourth-order valence-electron chi connectivity index (χ4n) is 2.23. The highest BCUT2D eigenvalue weighted by Crippen LogP contribution is 2.20. The molecule has 116 valence electrons. The Labute approximate surface area is 122 Å². The van der Waals surface area contributed by atoms with Crippen LogP contribution in [0.4, 0.5) is 4.79 Å². The van der Waals surface area contributed by atoms with E-state index in [1.54, 1.807) is 12.1 Å². The Balaban J connectivity index is 2.04. The van der Waals surface area contributed by atoms with Gasteiger partial charge in [0, 0.05) is 0 Å². The number of nitrogens with zero attached hydrogens (tertiary/aromatic N) is 1. The molecule has 0 unspecified atom stereocenters. The molecule has 1 aromatic rings. The van der Waals surface area contributed by atoms with Crippen LogP contribution in [-0.4, -0.2) is 54.9 Å². The molecule has 0 saturated carbocycles. The maximum atomic E-state index is 12.0. The smallest absolute Gasteiger partial charge is 0.407 e. The Bertz CT molecular complexity index is 612. The Morgan fingerprint density at radius 1 is 1.38 bits per heavy atom. The van der Waals surface area contributed by atoms with Crippen LogP contribution in [0.15, 0.2) is 29.2 Å². The van der Waals surface area contributed by atoms with Crippen LogP contribution in [0, 0.1) is 6.92 Å². The van der Waals surface area contributed by atoms with Gasteiger partial charge in [0.25, 0.3) is 10.1 Å². The van der Waals surface area contributed by atoms with E-state index in [2.05, 4.69) is 0 Å². The van der Waals surface area contributed by atoms with E-state index < -0.39 is 28.4 Å². The lowest BCUT2D eigenvalue weighted by atomic mass is 10.2. The number of benzene rings is 1. The van der Waals surface area contributed by atoms with Gasteiger partial charge in [-0.1, -0.05) is 17.7 Å². The van der Waals surface area contributed by atoms with Crippen molar-refractivity contribution in [1.82, 2.24) is 4.90 Å². The minimum atomic E-state index is -3.93. The largest absolute Gasteiger partial charge is 0.465 e. The summed E-state index contributed by atoms with van der Waals surface area (Å²) < 4.78 is 28.9. The van der Waals surface area contributed by atoms with Crippen molar-refractivity contribution in [2.24, 2.45) is 0 Å². The summed E-state index contributed by atoms with van der Waals surface area (Å²) in [6.07, 6.45) is -1.83. The van der Waals surface area contributed by atoms with Crippen molar-refractivity contribution in [3.05, 3.63) is 29.8 Å². The third-order valence-corrected chi connectivity index (χ3v) is 4.66. The van der Waals surface area contributed by atoms with Gasteiger partial charge in [0.2, 0.25) is 0 Å². The number of amides is 1. The molecule has 0 aromatic heterocycles. The van der Waals surface area contributed by atoms with E-state index in [9.17, 15) is 18.3 Å². The summed E-state index contributed by atoms with van der Waals surface area (Å²) in [5.41, 5.74) is 0.921. The van der Waals surface area contributed by atoms with Gasteiger partial charge in [-0.15, -0.1) is 0 Å². The third kappa shape index (κ3) is 3.72. The average Bonchev–Trinajstić information content (AvgIpc) is 2.79. The molecule has 0 bridgehead atoms. The average molecular weight is 315 g/mol. The highest BCUT2D eigenvalue weighted by Gasteiger charge is 2.35. The molecule has 0 radical (unpaired) electrons. The van der Waals surface area contributed by atoms with E-state index in [4.69, 9.17) is 9.29 Å². The first-order chi connectivity index (χ1) is 9.79. The molecule has 1 heterocycles. The maximum Gasteiger partial charge on any atom is 0.407 e. The van der Waals surface area contributed by atoms with Gasteiger partial charge in [0.1, 0.15) is 0 Å². The van der Waals surface area contributed by atoms with Crippen LogP contribution in [0.3, 0.4) is 0 Å². The molecular formula is C13H17NO6S. The van der Waals surface area contributed by atoms with E-state index in [-0.39, 0.29) is 24.5 Å².